The van der Waals surface area contributed by atoms with Crippen molar-refractivity contribution in [1.82, 2.24) is 14.8 Å². The summed E-state index contributed by atoms with van der Waals surface area (Å²) in [6, 6.07) is 8.56. The third-order valence-corrected chi connectivity index (χ3v) is 4.93. The number of hydrogen-bond acceptors (Lipinski definition) is 7. The van der Waals surface area contributed by atoms with Crippen LogP contribution < -0.4 is 5.32 Å². The summed E-state index contributed by atoms with van der Waals surface area (Å²) < 4.78 is 0. The van der Waals surface area contributed by atoms with E-state index in [0.29, 0.717) is 28.3 Å². The van der Waals surface area contributed by atoms with E-state index in [1.54, 1.807) is 12.1 Å². The minimum Gasteiger partial charge on any atom is -0.367 e. The maximum Gasteiger partial charge on any atom is 0.270 e. The van der Waals surface area contributed by atoms with E-state index in [0.717, 1.165) is 39.0 Å². The van der Waals surface area contributed by atoms with Gasteiger partial charge in [-0.1, -0.05) is 0 Å². The zero-order chi connectivity index (χ0) is 19.4. The Morgan fingerprint density at radius 1 is 1.37 bits per heavy atom. The fourth-order valence-electron chi connectivity index (χ4n) is 3.35. The Balaban J connectivity index is 1.70. The number of nitrogens with zero attached hydrogens (tertiary/aromatic N) is 5. The minimum absolute atomic E-state index is 0.0356. The standard InChI is InChI=1S/C19H24N6O2/c1-23(2)9-10-24-7-5-15(6-8-24)21-19-11-14(13-20)17-12-16(25(26)27)3-4-18(17)22-19/h3-4,11-12,15H,5-10H2,1-2H3,(H,21,22). The molecule has 1 aromatic carbocycles. The van der Waals surface area contributed by atoms with Crippen LogP contribution >= 0.6 is 0 Å². The summed E-state index contributed by atoms with van der Waals surface area (Å²) in [4.78, 5) is 19.7. The molecule has 1 N–H and O–H groups in total. The molecule has 0 aliphatic carbocycles. The number of hydrogen-bond donors (Lipinski definition) is 1. The number of nitro groups is 1. The van der Waals surface area contributed by atoms with E-state index in [1.165, 1.54) is 12.1 Å². The van der Waals surface area contributed by atoms with Gasteiger partial charge in [0.2, 0.25) is 0 Å². The number of nitro benzene ring substituents is 1. The molecule has 8 heteroatoms. The second-order valence-corrected chi connectivity index (χ2v) is 7.19. The van der Waals surface area contributed by atoms with Gasteiger partial charge in [0.15, 0.2) is 0 Å². The molecule has 0 bridgehead atoms. The van der Waals surface area contributed by atoms with Crippen molar-refractivity contribution >= 4 is 22.4 Å². The topological polar surface area (TPSA) is 98.3 Å². The fraction of sp³-hybridized carbons (Fsp3) is 0.474. The van der Waals surface area contributed by atoms with Gasteiger partial charge in [-0.15, -0.1) is 0 Å². The number of rotatable bonds is 6. The number of non-ortho nitro benzene ring substituents is 1. The number of anilines is 1. The molecule has 1 saturated heterocycles. The lowest BCUT2D eigenvalue weighted by molar-refractivity contribution is -0.384. The quantitative estimate of drug-likeness (QED) is 0.618. The van der Waals surface area contributed by atoms with Gasteiger partial charge < -0.3 is 15.1 Å². The van der Waals surface area contributed by atoms with Gasteiger partial charge in [-0.3, -0.25) is 10.1 Å². The molecule has 1 fully saturated rings. The number of likely N-dealkylation sites (tertiary alicyclic amines) is 1. The molecule has 0 amide bonds. The number of pyridine rings is 1. The lowest BCUT2D eigenvalue weighted by Gasteiger charge is -2.33. The summed E-state index contributed by atoms with van der Waals surface area (Å²) in [7, 11) is 4.17. The van der Waals surface area contributed by atoms with Crippen molar-refractivity contribution in [3.63, 3.8) is 0 Å². The lowest BCUT2D eigenvalue weighted by Crippen LogP contribution is -2.41. The molecule has 2 heterocycles. The predicted octanol–water partition coefficient (Wildman–Crippen LogP) is 2.45. The Morgan fingerprint density at radius 3 is 2.74 bits per heavy atom. The molecule has 1 aromatic heterocycles. The van der Waals surface area contributed by atoms with Gasteiger partial charge in [0, 0.05) is 49.7 Å². The van der Waals surface area contributed by atoms with E-state index in [1.807, 2.05) is 0 Å². The first-order valence-corrected chi connectivity index (χ1v) is 9.09. The fourth-order valence-corrected chi connectivity index (χ4v) is 3.35. The van der Waals surface area contributed by atoms with Gasteiger partial charge in [0.05, 0.1) is 22.1 Å². The number of fused-ring (bicyclic) bond motifs is 1. The minimum atomic E-state index is -0.461. The number of likely N-dealkylation sites (N-methyl/N-ethyl adjacent to an activating group) is 1. The van der Waals surface area contributed by atoms with Gasteiger partial charge >= 0.3 is 0 Å². The Morgan fingerprint density at radius 2 is 2.11 bits per heavy atom. The zero-order valence-corrected chi connectivity index (χ0v) is 15.7. The predicted molar refractivity (Wildman–Crippen MR) is 105 cm³/mol. The van der Waals surface area contributed by atoms with E-state index in [-0.39, 0.29) is 5.69 Å². The molecule has 0 unspecified atom stereocenters. The molecule has 1 aliphatic rings. The Bertz CT molecular complexity index is 868. The average Bonchev–Trinajstić information content (AvgIpc) is 2.66. The van der Waals surface area contributed by atoms with Crippen molar-refractivity contribution in [3.05, 3.63) is 39.9 Å². The summed E-state index contributed by atoms with van der Waals surface area (Å²) in [5.74, 6) is 0.652. The van der Waals surface area contributed by atoms with E-state index in [4.69, 9.17) is 0 Å². The summed E-state index contributed by atoms with van der Waals surface area (Å²) >= 11 is 0. The molecule has 0 spiro atoms. The normalized spacial score (nSPS) is 15.8. The van der Waals surface area contributed by atoms with Crippen LogP contribution in [0.2, 0.25) is 0 Å². The molecule has 3 rings (SSSR count). The second kappa shape index (κ2) is 8.29. The Hall–Kier alpha value is -2.76. The van der Waals surface area contributed by atoms with Gasteiger partial charge in [0.1, 0.15) is 5.82 Å². The highest BCUT2D eigenvalue weighted by Crippen LogP contribution is 2.26. The average molecular weight is 368 g/mol. The van der Waals surface area contributed by atoms with Crippen molar-refractivity contribution < 1.29 is 4.92 Å². The van der Waals surface area contributed by atoms with Crippen LogP contribution in [0.25, 0.3) is 10.9 Å². The van der Waals surface area contributed by atoms with Crippen molar-refractivity contribution in [1.29, 1.82) is 5.26 Å². The molecule has 142 valence electrons. The summed E-state index contributed by atoms with van der Waals surface area (Å²) in [6.07, 6.45) is 2.05. The highest BCUT2D eigenvalue weighted by molar-refractivity contribution is 5.88. The largest absolute Gasteiger partial charge is 0.367 e. The van der Waals surface area contributed by atoms with Gasteiger partial charge in [-0.25, -0.2) is 4.98 Å². The highest BCUT2D eigenvalue weighted by atomic mass is 16.6. The van der Waals surface area contributed by atoms with Crippen LogP contribution in [-0.4, -0.2) is 66.0 Å². The molecule has 1 aliphatic heterocycles. The van der Waals surface area contributed by atoms with Crippen LogP contribution in [-0.2, 0) is 0 Å². The third kappa shape index (κ3) is 4.70. The van der Waals surface area contributed by atoms with Crippen LogP contribution in [0.4, 0.5) is 11.5 Å². The number of nitriles is 1. The number of nitrogens with one attached hydrogen (secondary N) is 1. The maximum absolute atomic E-state index is 11.0. The van der Waals surface area contributed by atoms with Gasteiger partial charge in [-0.2, -0.15) is 5.26 Å². The van der Waals surface area contributed by atoms with Crippen LogP contribution in [0.15, 0.2) is 24.3 Å². The molecule has 8 nitrogen and oxygen atoms in total. The van der Waals surface area contributed by atoms with Crippen molar-refractivity contribution in [2.75, 3.05) is 45.6 Å². The molecule has 27 heavy (non-hydrogen) atoms. The van der Waals surface area contributed by atoms with E-state index in [2.05, 4.69) is 40.3 Å². The second-order valence-electron chi connectivity index (χ2n) is 7.19. The number of benzene rings is 1. The summed E-state index contributed by atoms with van der Waals surface area (Å²) in [5.41, 5.74) is 0.951. The van der Waals surface area contributed by atoms with Crippen molar-refractivity contribution in [3.8, 4) is 6.07 Å². The van der Waals surface area contributed by atoms with Crippen LogP contribution in [0, 0.1) is 21.4 Å². The van der Waals surface area contributed by atoms with E-state index >= 15 is 0 Å². The third-order valence-electron chi connectivity index (χ3n) is 4.93. The van der Waals surface area contributed by atoms with Crippen LogP contribution in [0.1, 0.15) is 18.4 Å². The molecule has 0 saturated carbocycles. The first-order valence-electron chi connectivity index (χ1n) is 9.09. The van der Waals surface area contributed by atoms with Crippen molar-refractivity contribution in [2.24, 2.45) is 0 Å². The van der Waals surface area contributed by atoms with Crippen LogP contribution in [0.5, 0.6) is 0 Å². The monoisotopic (exact) mass is 368 g/mol. The Kier molecular flexibility index (Phi) is 5.84. The molecule has 0 radical (unpaired) electrons. The first-order chi connectivity index (χ1) is 13.0. The SMILES string of the molecule is CN(C)CCN1CCC(Nc2cc(C#N)c3cc([N+](=O)[O-])ccc3n2)CC1. The zero-order valence-electron chi connectivity index (χ0n) is 15.7. The van der Waals surface area contributed by atoms with Crippen molar-refractivity contribution in [2.45, 2.75) is 18.9 Å². The smallest absolute Gasteiger partial charge is 0.270 e. The Labute approximate surface area is 158 Å². The van der Waals surface area contributed by atoms with Gasteiger partial charge in [0.25, 0.3) is 5.69 Å². The summed E-state index contributed by atoms with van der Waals surface area (Å²) in [6.45, 7) is 4.21. The first kappa shape index (κ1) is 19.0. The van der Waals surface area contributed by atoms with E-state index in [9.17, 15) is 15.4 Å². The lowest BCUT2D eigenvalue weighted by atomic mass is 10.0. The molecular weight excluding hydrogens is 344 g/mol. The summed E-state index contributed by atoms with van der Waals surface area (Å²) in [5, 5.41) is 24.4. The number of aromatic nitrogens is 1. The molecule has 0 atom stereocenters. The maximum atomic E-state index is 11.0. The number of piperidine rings is 1. The van der Waals surface area contributed by atoms with Crippen LogP contribution in [0.3, 0.4) is 0 Å². The molecular formula is C19H24N6O2. The van der Waals surface area contributed by atoms with Gasteiger partial charge in [-0.05, 0) is 39.1 Å². The van der Waals surface area contributed by atoms with E-state index < -0.39 is 4.92 Å². The highest BCUT2D eigenvalue weighted by Gasteiger charge is 2.20. The molecule has 2 aromatic rings.